The molecule has 2 aromatic carbocycles. The SMILES string of the molecule is CCC(CC)(c1ccc(OCc2ccccc2)c(C)c1)c1cc(C)c(CBr)s1. The van der Waals surface area contributed by atoms with Gasteiger partial charge in [-0.2, -0.15) is 0 Å². The number of hydrogen-bond donors (Lipinski definition) is 0. The summed E-state index contributed by atoms with van der Waals surface area (Å²) in [4.78, 5) is 2.91. The summed E-state index contributed by atoms with van der Waals surface area (Å²) in [6.07, 6.45) is 2.18. The van der Waals surface area contributed by atoms with E-state index >= 15 is 0 Å². The van der Waals surface area contributed by atoms with Gasteiger partial charge in [-0.3, -0.25) is 0 Å². The number of halogens is 1. The van der Waals surface area contributed by atoms with Crippen LogP contribution in [0.5, 0.6) is 5.75 Å². The van der Waals surface area contributed by atoms with Gasteiger partial charge < -0.3 is 4.74 Å². The number of thiophene rings is 1. The Bertz CT molecular complexity index is 910. The van der Waals surface area contributed by atoms with Crippen LogP contribution >= 0.6 is 27.3 Å². The molecule has 0 amide bonds. The summed E-state index contributed by atoms with van der Waals surface area (Å²) < 4.78 is 6.10. The van der Waals surface area contributed by atoms with Crippen molar-refractivity contribution >= 4 is 27.3 Å². The van der Waals surface area contributed by atoms with E-state index in [1.165, 1.54) is 32.0 Å². The van der Waals surface area contributed by atoms with Gasteiger partial charge in [0.15, 0.2) is 0 Å². The van der Waals surface area contributed by atoms with Crippen LogP contribution in [0.3, 0.4) is 0 Å². The molecule has 0 saturated heterocycles. The first-order chi connectivity index (χ1) is 13.5. The van der Waals surface area contributed by atoms with Crippen molar-refractivity contribution in [2.24, 2.45) is 0 Å². The monoisotopic (exact) mass is 456 g/mol. The third kappa shape index (κ3) is 4.21. The molecule has 28 heavy (non-hydrogen) atoms. The van der Waals surface area contributed by atoms with Crippen LogP contribution in [0.2, 0.25) is 0 Å². The molecule has 0 saturated carbocycles. The molecule has 1 heterocycles. The van der Waals surface area contributed by atoms with Gasteiger partial charge >= 0.3 is 0 Å². The van der Waals surface area contributed by atoms with Crippen molar-refractivity contribution in [1.82, 2.24) is 0 Å². The highest BCUT2D eigenvalue weighted by molar-refractivity contribution is 9.08. The second kappa shape index (κ2) is 9.28. The number of ether oxygens (including phenoxy) is 1. The van der Waals surface area contributed by atoms with Crippen LogP contribution in [0.15, 0.2) is 54.6 Å². The van der Waals surface area contributed by atoms with Gasteiger partial charge in [0.25, 0.3) is 0 Å². The molecule has 0 aliphatic heterocycles. The van der Waals surface area contributed by atoms with E-state index in [4.69, 9.17) is 4.74 Å². The van der Waals surface area contributed by atoms with Crippen molar-refractivity contribution in [1.29, 1.82) is 0 Å². The molecule has 3 rings (SSSR count). The van der Waals surface area contributed by atoms with E-state index in [0.29, 0.717) is 6.61 Å². The van der Waals surface area contributed by atoms with Crippen molar-refractivity contribution in [3.63, 3.8) is 0 Å². The third-order valence-electron chi connectivity index (χ3n) is 5.79. The Kier molecular flexibility index (Phi) is 7.00. The van der Waals surface area contributed by atoms with Crippen LogP contribution < -0.4 is 4.74 Å². The topological polar surface area (TPSA) is 9.23 Å². The molecule has 1 nitrogen and oxygen atoms in total. The van der Waals surface area contributed by atoms with Crippen molar-refractivity contribution < 1.29 is 4.74 Å². The lowest BCUT2D eigenvalue weighted by Gasteiger charge is -2.32. The summed E-state index contributed by atoms with van der Waals surface area (Å²) in [5.74, 6) is 0.970. The molecule has 0 radical (unpaired) electrons. The predicted octanol–water partition coefficient (Wildman–Crippen LogP) is 7.94. The van der Waals surface area contributed by atoms with Crippen LogP contribution in [0.25, 0.3) is 0 Å². The standard InChI is InChI=1S/C25H29BrOS/c1-5-25(6-2,24-15-19(4)23(16-26)28-24)21-12-13-22(18(3)14-21)27-17-20-10-8-7-9-11-20/h7-15H,5-6,16-17H2,1-4H3. The molecule has 0 unspecified atom stereocenters. The molecule has 0 aliphatic carbocycles. The maximum absolute atomic E-state index is 6.10. The molecule has 0 fully saturated rings. The Morgan fingerprint density at radius 2 is 1.64 bits per heavy atom. The molecule has 1 aromatic heterocycles. The summed E-state index contributed by atoms with van der Waals surface area (Å²) in [6.45, 7) is 9.59. The zero-order chi connectivity index (χ0) is 20.1. The van der Waals surface area contributed by atoms with Crippen molar-refractivity contribution in [2.75, 3.05) is 0 Å². The summed E-state index contributed by atoms with van der Waals surface area (Å²) in [5, 5.41) is 0.929. The number of rotatable bonds is 8. The van der Waals surface area contributed by atoms with Gasteiger partial charge in [-0.05, 0) is 61.1 Å². The molecular formula is C25H29BrOS. The van der Waals surface area contributed by atoms with Gasteiger partial charge in [0.2, 0.25) is 0 Å². The predicted molar refractivity (Wildman–Crippen MR) is 125 cm³/mol. The fourth-order valence-corrected chi connectivity index (χ4v) is 6.04. The zero-order valence-electron chi connectivity index (χ0n) is 17.2. The molecular weight excluding hydrogens is 428 g/mol. The molecule has 0 N–H and O–H groups in total. The molecule has 3 aromatic rings. The normalized spacial score (nSPS) is 11.6. The second-order valence-corrected chi connectivity index (χ2v) is 9.09. The smallest absolute Gasteiger partial charge is 0.122 e. The largest absolute Gasteiger partial charge is 0.489 e. The van der Waals surface area contributed by atoms with Crippen molar-refractivity contribution in [3.05, 3.63) is 86.6 Å². The van der Waals surface area contributed by atoms with E-state index in [0.717, 1.165) is 23.9 Å². The molecule has 0 aliphatic rings. The Labute approximate surface area is 181 Å². The molecule has 0 spiro atoms. The van der Waals surface area contributed by atoms with Crippen LogP contribution in [-0.4, -0.2) is 0 Å². The molecule has 3 heteroatoms. The Morgan fingerprint density at radius 1 is 0.929 bits per heavy atom. The average Bonchev–Trinajstić information content (AvgIpc) is 3.10. The minimum absolute atomic E-state index is 0.0680. The molecule has 0 atom stereocenters. The number of alkyl halides is 1. The zero-order valence-corrected chi connectivity index (χ0v) is 19.6. The number of aryl methyl sites for hydroxylation is 2. The van der Waals surface area contributed by atoms with Gasteiger partial charge in [0.1, 0.15) is 12.4 Å². The van der Waals surface area contributed by atoms with Gasteiger partial charge in [-0.25, -0.2) is 0 Å². The maximum Gasteiger partial charge on any atom is 0.122 e. The minimum atomic E-state index is 0.0680. The summed E-state index contributed by atoms with van der Waals surface area (Å²) in [5.41, 5.74) is 5.25. The second-order valence-electron chi connectivity index (χ2n) is 7.39. The van der Waals surface area contributed by atoms with E-state index in [-0.39, 0.29) is 5.41 Å². The highest BCUT2D eigenvalue weighted by atomic mass is 79.9. The lowest BCUT2D eigenvalue weighted by molar-refractivity contribution is 0.303. The van der Waals surface area contributed by atoms with Gasteiger partial charge in [-0.1, -0.05) is 72.2 Å². The maximum atomic E-state index is 6.10. The quantitative estimate of drug-likeness (QED) is 0.312. The fraction of sp³-hybridized carbons (Fsp3) is 0.360. The highest BCUT2D eigenvalue weighted by Gasteiger charge is 2.33. The van der Waals surface area contributed by atoms with Gasteiger partial charge in [0, 0.05) is 20.5 Å². The summed E-state index contributed by atoms with van der Waals surface area (Å²) in [7, 11) is 0. The van der Waals surface area contributed by atoms with Crippen LogP contribution in [0.1, 0.15) is 58.7 Å². The summed E-state index contributed by atoms with van der Waals surface area (Å²) >= 11 is 5.59. The number of benzene rings is 2. The Hall–Kier alpha value is -1.58. The molecule has 0 bridgehead atoms. The van der Waals surface area contributed by atoms with Crippen LogP contribution in [0, 0.1) is 13.8 Å². The van der Waals surface area contributed by atoms with E-state index < -0.39 is 0 Å². The van der Waals surface area contributed by atoms with Crippen molar-refractivity contribution in [3.8, 4) is 5.75 Å². The first-order valence-electron chi connectivity index (χ1n) is 9.97. The highest BCUT2D eigenvalue weighted by Crippen LogP contribution is 2.44. The average molecular weight is 457 g/mol. The van der Waals surface area contributed by atoms with E-state index in [9.17, 15) is 0 Å². The molecule has 148 valence electrons. The Morgan fingerprint density at radius 3 is 2.21 bits per heavy atom. The van der Waals surface area contributed by atoms with E-state index in [1.807, 2.05) is 17.4 Å². The Balaban J connectivity index is 1.90. The van der Waals surface area contributed by atoms with Crippen LogP contribution in [-0.2, 0) is 17.4 Å². The lowest BCUT2D eigenvalue weighted by Crippen LogP contribution is -2.25. The third-order valence-corrected chi connectivity index (χ3v) is 8.16. The lowest BCUT2D eigenvalue weighted by atomic mass is 9.74. The first kappa shape index (κ1) is 21.1. The van der Waals surface area contributed by atoms with Crippen LogP contribution in [0.4, 0.5) is 0 Å². The first-order valence-corrected chi connectivity index (χ1v) is 11.9. The van der Waals surface area contributed by atoms with E-state index in [2.05, 4.69) is 92.2 Å². The van der Waals surface area contributed by atoms with Gasteiger partial charge in [0.05, 0.1) is 0 Å². The van der Waals surface area contributed by atoms with E-state index in [1.54, 1.807) is 0 Å². The van der Waals surface area contributed by atoms with Gasteiger partial charge in [-0.15, -0.1) is 11.3 Å². The van der Waals surface area contributed by atoms with Crippen molar-refractivity contribution in [2.45, 2.75) is 57.9 Å². The number of hydrogen-bond acceptors (Lipinski definition) is 2. The summed E-state index contributed by atoms with van der Waals surface area (Å²) in [6, 6.07) is 19.5. The minimum Gasteiger partial charge on any atom is -0.489 e. The fourth-order valence-electron chi connectivity index (χ4n) is 3.88.